The van der Waals surface area contributed by atoms with Gasteiger partial charge in [-0.1, -0.05) is 27.7 Å². The molecule has 0 aliphatic heterocycles. The zero-order valence-corrected chi connectivity index (χ0v) is 16.0. The number of carbonyl (C=O) groups excluding carboxylic acids is 3. The molecule has 0 aromatic heterocycles. The first-order chi connectivity index (χ1) is 11.2. The van der Waals surface area contributed by atoms with Crippen LogP contribution in [0.4, 0.5) is 0 Å². The Labute approximate surface area is 145 Å². The highest BCUT2D eigenvalue weighted by atomic mass is 16.6. The van der Waals surface area contributed by atoms with Crippen LogP contribution >= 0.6 is 0 Å². The molecule has 0 aliphatic rings. The first-order valence-corrected chi connectivity index (χ1v) is 8.82. The molecule has 0 rings (SSSR count). The van der Waals surface area contributed by atoms with Gasteiger partial charge < -0.3 is 14.2 Å². The number of rotatable bonds is 10. The smallest absolute Gasteiger partial charge is 0.335 e. The van der Waals surface area contributed by atoms with Crippen LogP contribution in [0.25, 0.3) is 0 Å². The molecule has 0 amide bonds. The standard InChI is InChI=1S/C18H32O6/c1-8-12(5)22-15(19)18(11-4,16(20)23-13(6)9-2)17(21)24-14(7)10-3/h12-14H,8-11H2,1-7H3. The Balaban J connectivity index is 5.70. The molecular weight excluding hydrogens is 312 g/mol. The molecule has 24 heavy (non-hydrogen) atoms. The lowest BCUT2D eigenvalue weighted by Gasteiger charge is -2.29. The van der Waals surface area contributed by atoms with Crippen LogP contribution in [-0.2, 0) is 28.6 Å². The summed E-state index contributed by atoms with van der Waals surface area (Å²) in [5, 5.41) is 0. The van der Waals surface area contributed by atoms with Gasteiger partial charge in [0.05, 0.1) is 18.3 Å². The molecule has 0 aromatic rings. The molecule has 0 aromatic carbocycles. The fourth-order valence-electron chi connectivity index (χ4n) is 1.78. The molecule has 0 spiro atoms. The summed E-state index contributed by atoms with van der Waals surface area (Å²) < 4.78 is 15.9. The quantitative estimate of drug-likeness (QED) is 0.343. The summed E-state index contributed by atoms with van der Waals surface area (Å²) in [6.45, 7) is 12.2. The molecule has 0 heterocycles. The third kappa shape index (κ3) is 5.49. The highest BCUT2D eigenvalue weighted by Gasteiger charge is 2.57. The minimum absolute atomic E-state index is 0.0766. The zero-order valence-electron chi connectivity index (χ0n) is 16.0. The second-order valence-electron chi connectivity index (χ2n) is 6.13. The van der Waals surface area contributed by atoms with Gasteiger partial charge >= 0.3 is 17.9 Å². The predicted octanol–water partition coefficient (Wildman–Crippen LogP) is 3.41. The number of carbonyl (C=O) groups is 3. The van der Waals surface area contributed by atoms with Crippen LogP contribution in [0.5, 0.6) is 0 Å². The summed E-state index contributed by atoms with van der Waals surface area (Å²) in [5.74, 6) is -2.71. The van der Waals surface area contributed by atoms with E-state index < -0.39 is 41.6 Å². The van der Waals surface area contributed by atoms with Gasteiger partial charge in [0, 0.05) is 0 Å². The number of ether oxygens (including phenoxy) is 3. The van der Waals surface area contributed by atoms with Crippen molar-refractivity contribution in [3.63, 3.8) is 0 Å². The molecule has 0 bridgehead atoms. The molecular formula is C18H32O6. The van der Waals surface area contributed by atoms with Crippen LogP contribution in [0, 0.1) is 5.41 Å². The van der Waals surface area contributed by atoms with Crippen molar-refractivity contribution >= 4 is 17.9 Å². The summed E-state index contributed by atoms with van der Waals surface area (Å²) in [6, 6.07) is 0. The second-order valence-corrected chi connectivity index (χ2v) is 6.13. The van der Waals surface area contributed by atoms with Gasteiger partial charge in [-0.3, -0.25) is 14.4 Å². The topological polar surface area (TPSA) is 78.9 Å². The lowest BCUT2D eigenvalue weighted by Crippen LogP contribution is -2.51. The Morgan fingerprint density at radius 3 is 1.08 bits per heavy atom. The first kappa shape index (κ1) is 22.4. The van der Waals surface area contributed by atoms with E-state index in [-0.39, 0.29) is 6.42 Å². The van der Waals surface area contributed by atoms with E-state index in [1.165, 1.54) is 0 Å². The van der Waals surface area contributed by atoms with E-state index in [1.807, 2.05) is 20.8 Å². The van der Waals surface area contributed by atoms with E-state index in [0.29, 0.717) is 19.3 Å². The van der Waals surface area contributed by atoms with E-state index in [0.717, 1.165) is 0 Å². The summed E-state index contributed by atoms with van der Waals surface area (Å²) in [7, 11) is 0. The predicted molar refractivity (Wildman–Crippen MR) is 90.3 cm³/mol. The van der Waals surface area contributed by atoms with E-state index in [2.05, 4.69) is 0 Å². The molecule has 3 atom stereocenters. The van der Waals surface area contributed by atoms with Crippen LogP contribution in [0.2, 0.25) is 0 Å². The van der Waals surface area contributed by atoms with Crippen LogP contribution in [0.15, 0.2) is 0 Å². The largest absolute Gasteiger partial charge is 0.461 e. The fourth-order valence-corrected chi connectivity index (χ4v) is 1.78. The molecule has 0 N–H and O–H groups in total. The van der Waals surface area contributed by atoms with E-state index in [9.17, 15) is 14.4 Å². The fraction of sp³-hybridized carbons (Fsp3) is 0.833. The molecule has 0 aliphatic carbocycles. The van der Waals surface area contributed by atoms with Gasteiger partial charge in [0.15, 0.2) is 0 Å². The Bertz CT molecular complexity index is 371. The molecule has 0 saturated carbocycles. The molecule has 3 unspecified atom stereocenters. The lowest BCUT2D eigenvalue weighted by molar-refractivity contribution is -0.190. The second kappa shape index (κ2) is 10.3. The summed E-state index contributed by atoms with van der Waals surface area (Å²) in [5.41, 5.74) is -2.07. The number of hydrogen-bond acceptors (Lipinski definition) is 6. The van der Waals surface area contributed by atoms with Crippen molar-refractivity contribution in [3.8, 4) is 0 Å². The number of esters is 3. The molecule has 6 nitrogen and oxygen atoms in total. The van der Waals surface area contributed by atoms with Gasteiger partial charge in [-0.2, -0.15) is 0 Å². The minimum atomic E-state index is -2.07. The van der Waals surface area contributed by atoms with E-state index in [1.54, 1.807) is 27.7 Å². The third-order valence-electron chi connectivity index (χ3n) is 4.23. The SMILES string of the molecule is CCC(C)OC(=O)C(CC)(C(=O)OC(C)CC)C(=O)OC(C)CC. The summed E-state index contributed by atoms with van der Waals surface area (Å²) in [6.07, 6.45) is 0.432. The highest BCUT2D eigenvalue weighted by Crippen LogP contribution is 2.30. The van der Waals surface area contributed by atoms with Gasteiger partial charge in [-0.25, -0.2) is 0 Å². The normalized spacial score (nSPS) is 17.1. The number of hydrogen-bond donors (Lipinski definition) is 0. The van der Waals surface area contributed by atoms with E-state index in [4.69, 9.17) is 14.2 Å². The van der Waals surface area contributed by atoms with Crippen molar-refractivity contribution in [2.75, 3.05) is 0 Å². The van der Waals surface area contributed by atoms with E-state index >= 15 is 0 Å². The maximum absolute atomic E-state index is 12.7. The maximum atomic E-state index is 12.7. The van der Waals surface area contributed by atoms with Gasteiger partial charge in [-0.15, -0.1) is 0 Å². The van der Waals surface area contributed by atoms with Gasteiger partial charge in [0.1, 0.15) is 0 Å². The zero-order chi connectivity index (χ0) is 18.9. The van der Waals surface area contributed by atoms with Crippen molar-refractivity contribution in [2.45, 2.75) is 92.5 Å². The van der Waals surface area contributed by atoms with Crippen molar-refractivity contribution in [1.82, 2.24) is 0 Å². The minimum Gasteiger partial charge on any atom is -0.461 e. The van der Waals surface area contributed by atoms with Gasteiger partial charge in [0.2, 0.25) is 0 Å². The summed E-state index contributed by atoms with van der Waals surface area (Å²) >= 11 is 0. The lowest BCUT2D eigenvalue weighted by atomic mass is 9.84. The molecule has 6 heteroatoms. The van der Waals surface area contributed by atoms with Crippen molar-refractivity contribution in [3.05, 3.63) is 0 Å². The highest BCUT2D eigenvalue weighted by molar-refractivity contribution is 6.18. The first-order valence-electron chi connectivity index (χ1n) is 8.82. The van der Waals surface area contributed by atoms with Crippen molar-refractivity contribution < 1.29 is 28.6 Å². The average molecular weight is 344 g/mol. The maximum Gasteiger partial charge on any atom is 0.335 e. The van der Waals surface area contributed by atoms with Crippen LogP contribution in [0.1, 0.15) is 74.1 Å². The van der Waals surface area contributed by atoms with Crippen molar-refractivity contribution in [1.29, 1.82) is 0 Å². The van der Waals surface area contributed by atoms with Crippen LogP contribution in [0.3, 0.4) is 0 Å². The van der Waals surface area contributed by atoms with Crippen molar-refractivity contribution in [2.24, 2.45) is 5.41 Å². The Morgan fingerprint density at radius 2 is 0.917 bits per heavy atom. The van der Waals surface area contributed by atoms with Gasteiger partial charge in [-0.05, 0) is 46.5 Å². The molecule has 0 fully saturated rings. The molecule has 140 valence electrons. The van der Waals surface area contributed by atoms with Crippen LogP contribution < -0.4 is 0 Å². The average Bonchev–Trinajstić information content (AvgIpc) is 2.55. The summed E-state index contributed by atoms with van der Waals surface area (Å²) in [4.78, 5) is 38.0. The third-order valence-corrected chi connectivity index (χ3v) is 4.23. The molecule has 0 saturated heterocycles. The van der Waals surface area contributed by atoms with Gasteiger partial charge in [0.25, 0.3) is 5.41 Å². The monoisotopic (exact) mass is 344 g/mol. The van der Waals surface area contributed by atoms with Crippen LogP contribution in [-0.4, -0.2) is 36.2 Å². The Hall–Kier alpha value is -1.59. The Morgan fingerprint density at radius 1 is 0.667 bits per heavy atom. The Kier molecular flexibility index (Phi) is 9.63. The molecule has 0 radical (unpaired) electrons.